The summed E-state index contributed by atoms with van der Waals surface area (Å²) in [7, 11) is 0. The Hall–Kier alpha value is -3.26. The van der Waals surface area contributed by atoms with E-state index in [9.17, 15) is 9.59 Å². The molecule has 2 heterocycles. The van der Waals surface area contributed by atoms with Gasteiger partial charge in [0, 0.05) is 22.6 Å². The van der Waals surface area contributed by atoms with Gasteiger partial charge in [0.2, 0.25) is 12.7 Å². The number of carbonyl (C=O) groups excluding carboxylic acids is 2. The fraction of sp³-hybridized carbons (Fsp3) is 0.280. The van der Waals surface area contributed by atoms with Crippen LogP contribution in [0, 0.1) is 0 Å². The summed E-state index contributed by atoms with van der Waals surface area (Å²) in [6.45, 7) is 4.57. The Labute approximate surface area is 201 Å². The molecule has 3 aromatic rings. The first-order valence-corrected chi connectivity index (χ1v) is 11.4. The van der Waals surface area contributed by atoms with Crippen LogP contribution < -0.4 is 9.47 Å². The fourth-order valence-corrected chi connectivity index (χ4v) is 4.00. The van der Waals surface area contributed by atoms with Crippen molar-refractivity contribution < 1.29 is 23.5 Å². The Morgan fingerprint density at radius 1 is 1.00 bits per heavy atom. The van der Waals surface area contributed by atoms with E-state index in [1.165, 1.54) is 0 Å². The predicted octanol–water partition coefficient (Wildman–Crippen LogP) is 4.85. The largest absolute Gasteiger partial charge is 0.467 e. The number of benzene rings is 2. The lowest BCUT2D eigenvalue weighted by atomic mass is 10.1. The molecule has 0 unspecified atom stereocenters. The Morgan fingerprint density at radius 3 is 2.55 bits per heavy atom. The lowest BCUT2D eigenvalue weighted by Gasteiger charge is -2.30. The van der Waals surface area contributed by atoms with E-state index in [1.807, 2.05) is 44.2 Å². The third-order valence-electron chi connectivity index (χ3n) is 5.35. The minimum atomic E-state index is -0.194. The molecule has 33 heavy (non-hydrogen) atoms. The van der Waals surface area contributed by atoms with Crippen molar-refractivity contribution in [3.8, 4) is 11.5 Å². The number of hydrogen-bond donors (Lipinski definition) is 0. The monoisotopic (exact) mass is 512 g/mol. The van der Waals surface area contributed by atoms with Gasteiger partial charge in [0.25, 0.3) is 5.91 Å². The van der Waals surface area contributed by atoms with Crippen LogP contribution >= 0.6 is 15.9 Å². The van der Waals surface area contributed by atoms with Crippen molar-refractivity contribution in [1.29, 1.82) is 0 Å². The molecule has 0 aliphatic carbocycles. The molecule has 0 bridgehead atoms. The number of fused-ring (bicyclic) bond motifs is 1. The summed E-state index contributed by atoms with van der Waals surface area (Å²) in [6, 6.07) is 16.2. The van der Waals surface area contributed by atoms with Crippen molar-refractivity contribution in [2.45, 2.75) is 33.0 Å². The number of hydrogen-bond acceptors (Lipinski definition) is 5. The van der Waals surface area contributed by atoms with Gasteiger partial charge in [-0.25, -0.2) is 0 Å². The molecule has 172 valence electrons. The first-order valence-electron chi connectivity index (χ1n) is 10.7. The van der Waals surface area contributed by atoms with Gasteiger partial charge in [0.05, 0.1) is 12.8 Å². The molecule has 8 heteroatoms. The van der Waals surface area contributed by atoms with Crippen molar-refractivity contribution in [2.75, 3.05) is 13.3 Å². The number of ether oxygens (including phenoxy) is 2. The Kier molecular flexibility index (Phi) is 7.03. The number of furan rings is 1. The van der Waals surface area contributed by atoms with Gasteiger partial charge in [0.1, 0.15) is 12.3 Å². The molecule has 7 nitrogen and oxygen atoms in total. The minimum absolute atomic E-state index is 0.0473. The second-order valence-corrected chi connectivity index (χ2v) is 8.97. The van der Waals surface area contributed by atoms with Crippen LogP contribution in [0.2, 0.25) is 0 Å². The molecule has 4 rings (SSSR count). The van der Waals surface area contributed by atoms with Gasteiger partial charge in [-0.15, -0.1) is 0 Å². The highest BCUT2D eigenvalue weighted by Crippen LogP contribution is 2.33. The van der Waals surface area contributed by atoms with E-state index in [4.69, 9.17) is 13.9 Å². The van der Waals surface area contributed by atoms with E-state index in [2.05, 4.69) is 15.9 Å². The first-order chi connectivity index (χ1) is 15.9. The molecule has 0 N–H and O–H groups in total. The normalized spacial score (nSPS) is 12.1. The number of amides is 2. The summed E-state index contributed by atoms with van der Waals surface area (Å²) in [5, 5.41) is 0. The summed E-state index contributed by atoms with van der Waals surface area (Å²) in [5.74, 6) is 1.64. The van der Waals surface area contributed by atoms with Crippen molar-refractivity contribution in [3.63, 3.8) is 0 Å². The summed E-state index contributed by atoms with van der Waals surface area (Å²) in [6.07, 6.45) is 1.58. The SMILES string of the molecule is CC(C)N(CC(=O)N(Cc1ccc2c(c1)OCO2)Cc1ccco1)C(=O)c1cccc(Br)c1. The highest BCUT2D eigenvalue weighted by atomic mass is 79.9. The zero-order chi connectivity index (χ0) is 23.4. The van der Waals surface area contributed by atoms with E-state index in [0.29, 0.717) is 29.4 Å². The number of rotatable bonds is 8. The summed E-state index contributed by atoms with van der Waals surface area (Å²) in [5.41, 5.74) is 1.42. The molecule has 0 saturated heterocycles. The predicted molar refractivity (Wildman–Crippen MR) is 126 cm³/mol. The Bertz CT molecular complexity index is 1130. The Morgan fingerprint density at radius 2 is 1.82 bits per heavy atom. The summed E-state index contributed by atoms with van der Waals surface area (Å²) in [4.78, 5) is 29.9. The van der Waals surface area contributed by atoms with E-state index < -0.39 is 0 Å². The van der Waals surface area contributed by atoms with Crippen molar-refractivity contribution in [1.82, 2.24) is 9.80 Å². The zero-order valence-electron chi connectivity index (χ0n) is 18.5. The van der Waals surface area contributed by atoms with E-state index in [1.54, 1.807) is 40.3 Å². The molecular weight excluding hydrogens is 488 g/mol. The molecule has 0 saturated carbocycles. The lowest BCUT2D eigenvalue weighted by molar-refractivity contribution is -0.133. The third-order valence-corrected chi connectivity index (χ3v) is 5.84. The maximum atomic E-state index is 13.5. The van der Waals surface area contributed by atoms with Crippen LogP contribution in [0.15, 0.2) is 69.8 Å². The fourth-order valence-electron chi connectivity index (χ4n) is 3.60. The van der Waals surface area contributed by atoms with E-state index >= 15 is 0 Å². The maximum Gasteiger partial charge on any atom is 0.254 e. The van der Waals surface area contributed by atoms with Gasteiger partial charge in [-0.1, -0.05) is 28.1 Å². The molecular formula is C25H25BrN2O5. The molecule has 2 amide bonds. The molecule has 1 aliphatic heterocycles. The number of nitrogens with zero attached hydrogens (tertiary/aromatic N) is 2. The topological polar surface area (TPSA) is 72.2 Å². The standard InChI is InChI=1S/C25H25BrN2O5/c1-17(2)28(25(30)19-5-3-6-20(26)12-19)15-24(29)27(14-21-7-4-10-31-21)13-18-8-9-22-23(11-18)33-16-32-22/h3-12,17H,13-16H2,1-2H3. The molecule has 0 radical (unpaired) electrons. The van der Waals surface area contributed by atoms with Crippen molar-refractivity contribution in [3.05, 3.63) is 82.2 Å². The van der Waals surface area contributed by atoms with Crippen LogP contribution in [-0.2, 0) is 17.9 Å². The molecule has 0 atom stereocenters. The second-order valence-electron chi connectivity index (χ2n) is 8.05. The van der Waals surface area contributed by atoms with E-state index in [-0.39, 0.29) is 37.7 Å². The zero-order valence-corrected chi connectivity index (χ0v) is 20.1. The summed E-state index contributed by atoms with van der Waals surface area (Å²) < 4.78 is 17.1. The van der Waals surface area contributed by atoms with Gasteiger partial charge in [-0.3, -0.25) is 9.59 Å². The van der Waals surface area contributed by atoms with Crippen LogP contribution in [0.5, 0.6) is 11.5 Å². The van der Waals surface area contributed by atoms with Crippen LogP contribution in [0.25, 0.3) is 0 Å². The smallest absolute Gasteiger partial charge is 0.254 e. The van der Waals surface area contributed by atoms with Crippen molar-refractivity contribution in [2.24, 2.45) is 0 Å². The average molecular weight is 513 g/mol. The van der Waals surface area contributed by atoms with E-state index in [0.717, 1.165) is 10.0 Å². The lowest BCUT2D eigenvalue weighted by Crippen LogP contribution is -2.45. The van der Waals surface area contributed by atoms with Gasteiger partial charge >= 0.3 is 0 Å². The molecule has 0 fully saturated rings. The van der Waals surface area contributed by atoms with Gasteiger partial charge in [-0.2, -0.15) is 0 Å². The molecule has 2 aromatic carbocycles. The van der Waals surface area contributed by atoms with Crippen LogP contribution in [0.4, 0.5) is 0 Å². The molecule has 1 aliphatic rings. The Balaban J connectivity index is 1.54. The average Bonchev–Trinajstić information content (AvgIpc) is 3.47. The third kappa shape index (κ3) is 5.57. The molecule has 0 spiro atoms. The van der Waals surface area contributed by atoms with Gasteiger partial charge in [0.15, 0.2) is 11.5 Å². The number of carbonyl (C=O) groups is 2. The van der Waals surface area contributed by atoms with Crippen molar-refractivity contribution >= 4 is 27.7 Å². The van der Waals surface area contributed by atoms with Gasteiger partial charge < -0.3 is 23.7 Å². The molecule has 1 aromatic heterocycles. The quantitative estimate of drug-likeness (QED) is 0.431. The highest BCUT2D eigenvalue weighted by molar-refractivity contribution is 9.10. The summed E-state index contributed by atoms with van der Waals surface area (Å²) >= 11 is 3.41. The second kappa shape index (κ2) is 10.1. The van der Waals surface area contributed by atoms with Crippen LogP contribution in [0.3, 0.4) is 0 Å². The number of halogens is 1. The van der Waals surface area contributed by atoms with Gasteiger partial charge in [-0.05, 0) is 61.9 Å². The highest BCUT2D eigenvalue weighted by Gasteiger charge is 2.26. The van der Waals surface area contributed by atoms with Crippen LogP contribution in [0.1, 0.15) is 35.5 Å². The first kappa shape index (κ1) is 22.9. The van der Waals surface area contributed by atoms with Crippen LogP contribution in [-0.4, -0.2) is 41.0 Å². The maximum absolute atomic E-state index is 13.5. The minimum Gasteiger partial charge on any atom is -0.467 e.